The Morgan fingerprint density at radius 3 is 2.57 bits per heavy atom. The van der Waals surface area contributed by atoms with Gasteiger partial charge in [0, 0.05) is 26.2 Å². The summed E-state index contributed by atoms with van der Waals surface area (Å²) in [6, 6.07) is 7.78. The number of rotatable bonds is 3. The number of nitrogens with zero attached hydrogens (tertiary/aromatic N) is 4. The fraction of sp³-hybridized carbons (Fsp3) is 0.467. The number of nitrogen functional groups attached to an aromatic ring is 1. The molecular formula is C15H21N5O. The molecule has 0 aliphatic carbocycles. The van der Waals surface area contributed by atoms with Gasteiger partial charge in [-0.15, -0.1) is 0 Å². The summed E-state index contributed by atoms with van der Waals surface area (Å²) in [5, 5.41) is 9.06. The third-order valence-corrected chi connectivity index (χ3v) is 3.88. The van der Waals surface area contributed by atoms with Crippen molar-refractivity contribution in [1.82, 2.24) is 14.9 Å². The first kappa shape index (κ1) is 14.0. The van der Waals surface area contributed by atoms with Gasteiger partial charge < -0.3 is 15.7 Å². The first-order valence-corrected chi connectivity index (χ1v) is 7.38. The summed E-state index contributed by atoms with van der Waals surface area (Å²) in [5.74, 6) is 1.27. The second-order valence-corrected chi connectivity index (χ2v) is 5.33. The average Bonchev–Trinajstić information content (AvgIpc) is 2.73. The molecule has 0 spiro atoms. The smallest absolute Gasteiger partial charge is 0.172 e. The van der Waals surface area contributed by atoms with Crippen molar-refractivity contribution in [3.8, 4) is 0 Å². The molecule has 112 valence electrons. The van der Waals surface area contributed by atoms with Crippen LogP contribution >= 0.6 is 0 Å². The number of aromatic nitrogens is 2. The summed E-state index contributed by atoms with van der Waals surface area (Å²) < 4.78 is 0. The van der Waals surface area contributed by atoms with E-state index in [2.05, 4.69) is 19.8 Å². The number of hydrogen-bond donors (Lipinski definition) is 2. The maximum atomic E-state index is 9.06. The number of anilines is 2. The van der Waals surface area contributed by atoms with Crippen LogP contribution in [0.3, 0.4) is 0 Å². The maximum absolute atomic E-state index is 9.06. The molecule has 0 bridgehead atoms. The van der Waals surface area contributed by atoms with E-state index in [0.717, 1.165) is 56.0 Å². The zero-order valence-electron chi connectivity index (χ0n) is 12.1. The predicted octanol–water partition coefficient (Wildman–Crippen LogP) is 0.716. The number of para-hydroxylation sites is 2. The SMILES string of the molecule is Nc1nc2ccccc2nc1N1CCCN(CCO)CC1. The molecular weight excluding hydrogens is 266 g/mol. The molecule has 0 saturated carbocycles. The highest BCUT2D eigenvalue weighted by Gasteiger charge is 2.18. The Morgan fingerprint density at radius 1 is 1.05 bits per heavy atom. The van der Waals surface area contributed by atoms with Gasteiger partial charge in [-0.2, -0.15) is 0 Å². The molecule has 21 heavy (non-hydrogen) atoms. The van der Waals surface area contributed by atoms with E-state index in [1.807, 2.05) is 24.3 Å². The van der Waals surface area contributed by atoms with Crippen LogP contribution in [0.5, 0.6) is 0 Å². The Hall–Kier alpha value is -1.92. The van der Waals surface area contributed by atoms with Crippen LogP contribution in [0.25, 0.3) is 11.0 Å². The fourth-order valence-corrected chi connectivity index (χ4v) is 2.78. The minimum absolute atomic E-state index is 0.206. The van der Waals surface area contributed by atoms with Crippen molar-refractivity contribution >= 4 is 22.7 Å². The lowest BCUT2D eigenvalue weighted by Crippen LogP contribution is -2.33. The third kappa shape index (κ3) is 3.06. The molecule has 0 amide bonds. The molecule has 2 heterocycles. The average molecular weight is 287 g/mol. The Labute approximate surface area is 124 Å². The Morgan fingerprint density at radius 2 is 1.81 bits per heavy atom. The Kier molecular flexibility index (Phi) is 4.17. The number of β-amino-alcohol motifs (C(OH)–C–C–N with tert-alkyl or cyclic N) is 1. The molecule has 1 aliphatic rings. The highest BCUT2D eigenvalue weighted by atomic mass is 16.3. The second-order valence-electron chi connectivity index (χ2n) is 5.33. The van der Waals surface area contributed by atoms with E-state index < -0.39 is 0 Å². The molecule has 1 aromatic heterocycles. The summed E-state index contributed by atoms with van der Waals surface area (Å²) >= 11 is 0. The van der Waals surface area contributed by atoms with E-state index in [9.17, 15) is 0 Å². The lowest BCUT2D eigenvalue weighted by molar-refractivity contribution is 0.204. The summed E-state index contributed by atoms with van der Waals surface area (Å²) in [6.45, 7) is 4.62. The van der Waals surface area contributed by atoms with Crippen LogP contribution in [0.15, 0.2) is 24.3 Å². The third-order valence-electron chi connectivity index (χ3n) is 3.88. The number of fused-ring (bicyclic) bond motifs is 1. The van der Waals surface area contributed by atoms with Crippen molar-refractivity contribution in [1.29, 1.82) is 0 Å². The van der Waals surface area contributed by atoms with Gasteiger partial charge in [-0.1, -0.05) is 12.1 Å². The van der Waals surface area contributed by atoms with Crippen LogP contribution in [-0.2, 0) is 0 Å². The topological polar surface area (TPSA) is 78.5 Å². The monoisotopic (exact) mass is 287 g/mol. The van der Waals surface area contributed by atoms with Crippen molar-refractivity contribution in [3.05, 3.63) is 24.3 Å². The van der Waals surface area contributed by atoms with Crippen LogP contribution < -0.4 is 10.6 Å². The van der Waals surface area contributed by atoms with Gasteiger partial charge in [-0.05, 0) is 25.1 Å². The molecule has 3 N–H and O–H groups in total. The number of aliphatic hydroxyl groups excluding tert-OH is 1. The summed E-state index contributed by atoms with van der Waals surface area (Å²) in [4.78, 5) is 13.6. The Balaban J connectivity index is 1.84. The first-order chi connectivity index (χ1) is 10.3. The van der Waals surface area contributed by atoms with Crippen molar-refractivity contribution in [2.24, 2.45) is 0 Å². The Bertz CT molecular complexity index is 618. The normalized spacial score (nSPS) is 17.1. The summed E-state index contributed by atoms with van der Waals surface area (Å²) in [5.41, 5.74) is 7.80. The van der Waals surface area contributed by atoms with Gasteiger partial charge in [0.15, 0.2) is 11.6 Å². The lowest BCUT2D eigenvalue weighted by Gasteiger charge is -2.23. The van der Waals surface area contributed by atoms with Gasteiger partial charge in [0.2, 0.25) is 0 Å². The van der Waals surface area contributed by atoms with Gasteiger partial charge in [-0.25, -0.2) is 9.97 Å². The molecule has 0 atom stereocenters. The largest absolute Gasteiger partial charge is 0.395 e. The van der Waals surface area contributed by atoms with Crippen molar-refractivity contribution < 1.29 is 5.11 Å². The molecule has 1 aromatic carbocycles. The zero-order chi connectivity index (χ0) is 14.7. The molecule has 1 fully saturated rings. The quantitative estimate of drug-likeness (QED) is 0.866. The van der Waals surface area contributed by atoms with E-state index >= 15 is 0 Å². The maximum Gasteiger partial charge on any atom is 0.172 e. The highest BCUT2D eigenvalue weighted by Crippen LogP contribution is 2.23. The van der Waals surface area contributed by atoms with E-state index in [0.29, 0.717) is 5.82 Å². The van der Waals surface area contributed by atoms with Crippen molar-refractivity contribution in [2.75, 3.05) is 50.0 Å². The minimum Gasteiger partial charge on any atom is -0.395 e. The van der Waals surface area contributed by atoms with Crippen LogP contribution in [0.2, 0.25) is 0 Å². The van der Waals surface area contributed by atoms with Crippen molar-refractivity contribution in [2.45, 2.75) is 6.42 Å². The van der Waals surface area contributed by atoms with Crippen LogP contribution in [0, 0.1) is 0 Å². The molecule has 0 radical (unpaired) electrons. The molecule has 6 heteroatoms. The van der Waals surface area contributed by atoms with E-state index in [1.54, 1.807) is 0 Å². The number of aliphatic hydroxyl groups is 1. The summed E-state index contributed by atoms with van der Waals surface area (Å²) in [7, 11) is 0. The molecule has 6 nitrogen and oxygen atoms in total. The first-order valence-electron chi connectivity index (χ1n) is 7.38. The predicted molar refractivity (Wildman–Crippen MR) is 84.3 cm³/mol. The van der Waals surface area contributed by atoms with Gasteiger partial charge >= 0.3 is 0 Å². The lowest BCUT2D eigenvalue weighted by atomic mass is 10.3. The second kappa shape index (κ2) is 6.24. The van der Waals surface area contributed by atoms with Gasteiger partial charge in [0.1, 0.15) is 0 Å². The molecule has 1 aliphatic heterocycles. The van der Waals surface area contributed by atoms with Crippen molar-refractivity contribution in [3.63, 3.8) is 0 Å². The molecule has 1 saturated heterocycles. The van der Waals surface area contributed by atoms with Crippen LogP contribution in [-0.4, -0.2) is 59.3 Å². The molecule has 0 unspecified atom stereocenters. The standard InChI is InChI=1S/C15H21N5O/c16-14-15(18-13-5-2-1-4-12(13)17-14)20-7-3-6-19(8-9-20)10-11-21/h1-2,4-5,21H,3,6-11H2,(H2,16,17). The zero-order valence-corrected chi connectivity index (χ0v) is 12.1. The van der Waals surface area contributed by atoms with Gasteiger partial charge in [0.25, 0.3) is 0 Å². The van der Waals surface area contributed by atoms with E-state index in [1.165, 1.54) is 0 Å². The van der Waals surface area contributed by atoms with E-state index in [4.69, 9.17) is 10.8 Å². The number of hydrogen-bond acceptors (Lipinski definition) is 6. The molecule has 3 rings (SSSR count). The fourth-order valence-electron chi connectivity index (χ4n) is 2.78. The van der Waals surface area contributed by atoms with Crippen LogP contribution in [0.1, 0.15) is 6.42 Å². The number of nitrogens with two attached hydrogens (primary N) is 1. The van der Waals surface area contributed by atoms with Gasteiger partial charge in [-0.3, -0.25) is 4.90 Å². The van der Waals surface area contributed by atoms with Gasteiger partial charge in [0.05, 0.1) is 17.6 Å². The number of benzene rings is 1. The van der Waals surface area contributed by atoms with Crippen LogP contribution in [0.4, 0.5) is 11.6 Å². The summed E-state index contributed by atoms with van der Waals surface area (Å²) in [6.07, 6.45) is 1.04. The highest BCUT2D eigenvalue weighted by molar-refractivity contribution is 5.79. The minimum atomic E-state index is 0.206. The van der Waals surface area contributed by atoms with E-state index in [-0.39, 0.29) is 6.61 Å². The molecule has 2 aromatic rings.